The van der Waals surface area contributed by atoms with E-state index in [1.54, 1.807) is 0 Å². The fraction of sp³-hybridized carbons (Fsp3) is 0.750. The monoisotopic (exact) mass is 222 g/mol. The van der Waals surface area contributed by atoms with Gasteiger partial charge in [0.15, 0.2) is 5.82 Å². The minimum atomic E-state index is 0.545. The first kappa shape index (κ1) is 11.5. The van der Waals surface area contributed by atoms with Crippen molar-refractivity contribution in [1.82, 2.24) is 15.5 Å². The first-order valence-corrected chi connectivity index (χ1v) is 6.38. The number of nitrogens with one attached hydrogen (secondary N) is 3. The Hall–Kier alpha value is -1.03. The van der Waals surface area contributed by atoms with E-state index in [4.69, 9.17) is 0 Å². The van der Waals surface area contributed by atoms with Crippen molar-refractivity contribution in [2.24, 2.45) is 0 Å². The van der Waals surface area contributed by atoms with Crippen molar-refractivity contribution in [3.05, 3.63) is 11.3 Å². The normalized spacial score (nSPS) is 20.2. The van der Waals surface area contributed by atoms with E-state index < -0.39 is 0 Å². The SMILES string of the molecule is CCCc1[nH]nc(NC2CCNC2)c1CC. The lowest BCUT2D eigenvalue weighted by Gasteiger charge is -2.11. The van der Waals surface area contributed by atoms with E-state index >= 15 is 0 Å². The zero-order valence-electron chi connectivity index (χ0n) is 10.3. The average molecular weight is 222 g/mol. The highest BCUT2D eigenvalue weighted by Crippen LogP contribution is 2.20. The molecule has 2 rings (SSSR count). The van der Waals surface area contributed by atoms with E-state index in [0.717, 1.165) is 31.7 Å². The molecule has 1 aromatic rings. The predicted octanol–water partition coefficient (Wildman–Crippen LogP) is 1.70. The van der Waals surface area contributed by atoms with Crippen LogP contribution < -0.4 is 10.6 Å². The molecule has 1 saturated heterocycles. The molecular formula is C12H22N4. The van der Waals surface area contributed by atoms with Gasteiger partial charge in [0.1, 0.15) is 0 Å². The average Bonchev–Trinajstić information content (AvgIpc) is 2.90. The summed E-state index contributed by atoms with van der Waals surface area (Å²) >= 11 is 0. The summed E-state index contributed by atoms with van der Waals surface area (Å²) in [6, 6.07) is 0.545. The standard InChI is InChI=1S/C12H22N4/c1-3-5-11-10(4-2)12(16-15-11)14-9-6-7-13-8-9/h9,13H,3-8H2,1-2H3,(H2,14,15,16). The van der Waals surface area contributed by atoms with Gasteiger partial charge in [0.25, 0.3) is 0 Å². The molecule has 90 valence electrons. The van der Waals surface area contributed by atoms with E-state index in [1.165, 1.54) is 24.1 Å². The highest BCUT2D eigenvalue weighted by atomic mass is 15.2. The number of rotatable bonds is 5. The Bertz CT molecular complexity index is 326. The van der Waals surface area contributed by atoms with Crippen LogP contribution in [-0.2, 0) is 12.8 Å². The molecular weight excluding hydrogens is 200 g/mol. The van der Waals surface area contributed by atoms with Gasteiger partial charge in [-0.3, -0.25) is 5.10 Å². The second kappa shape index (κ2) is 5.34. The molecule has 3 N–H and O–H groups in total. The van der Waals surface area contributed by atoms with Crippen molar-refractivity contribution in [1.29, 1.82) is 0 Å². The van der Waals surface area contributed by atoms with Gasteiger partial charge < -0.3 is 10.6 Å². The first-order valence-electron chi connectivity index (χ1n) is 6.38. The smallest absolute Gasteiger partial charge is 0.151 e. The topological polar surface area (TPSA) is 52.7 Å². The van der Waals surface area contributed by atoms with Gasteiger partial charge in [0.2, 0.25) is 0 Å². The van der Waals surface area contributed by atoms with Crippen LogP contribution in [0.25, 0.3) is 0 Å². The van der Waals surface area contributed by atoms with Gasteiger partial charge in [-0.2, -0.15) is 5.10 Å². The van der Waals surface area contributed by atoms with E-state index in [1.807, 2.05) is 0 Å². The van der Waals surface area contributed by atoms with Crippen LogP contribution in [0.2, 0.25) is 0 Å². The van der Waals surface area contributed by atoms with Crippen molar-refractivity contribution in [2.45, 2.75) is 45.6 Å². The van der Waals surface area contributed by atoms with Gasteiger partial charge in [-0.25, -0.2) is 0 Å². The van der Waals surface area contributed by atoms with Crippen LogP contribution in [0.1, 0.15) is 37.9 Å². The molecule has 0 saturated carbocycles. The fourth-order valence-corrected chi connectivity index (χ4v) is 2.33. The number of anilines is 1. The van der Waals surface area contributed by atoms with Crippen LogP contribution in [0.5, 0.6) is 0 Å². The summed E-state index contributed by atoms with van der Waals surface area (Å²) in [7, 11) is 0. The molecule has 1 aliphatic heterocycles. The van der Waals surface area contributed by atoms with Gasteiger partial charge in [0.05, 0.1) is 0 Å². The van der Waals surface area contributed by atoms with Crippen molar-refractivity contribution in [2.75, 3.05) is 18.4 Å². The maximum Gasteiger partial charge on any atom is 0.151 e. The number of hydrogen-bond acceptors (Lipinski definition) is 3. The van der Waals surface area contributed by atoms with E-state index in [-0.39, 0.29) is 0 Å². The van der Waals surface area contributed by atoms with Gasteiger partial charge in [-0.1, -0.05) is 20.3 Å². The Balaban J connectivity index is 2.07. The third-order valence-corrected chi connectivity index (χ3v) is 3.21. The summed E-state index contributed by atoms with van der Waals surface area (Å²) in [5.41, 5.74) is 2.67. The van der Waals surface area contributed by atoms with E-state index in [2.05, 4.69) is 34.7 Å². The number of nitrogens with zero attached hydrogens (tertiary/aromatic N) is 1. The lowest BCUT2D eigenvalue weighted by molar-refractivity contribution is 0.784. The maximum absolute atomic E-state index is 4.41. The molecule has 16 heavy (non-hydrogen) atoms. The molecule has 1 unspecified atom stereocenters. The van der Waals surface area contributed by atoms with Crippen molar-refractivity contribution >= 4 is 5.82 Å². The van der Waals surface area contributed by atoms with Crippen LogP contribution in [0.4, 0.5) is 5.82 Å². The van der Waals surface area contributed by atoms with E-state index in [0.29, 0.717) is 6.04 Å². The molecule has 0 amide bonds. The third-order valence-electron chi connectivity index (χ3n) is 3.21. The third kappa shape index (κ3) is 2.38. The Labute approximate surface area is 97.2 Å². The van der Waals surface area contributed by atoms with E-state index in [9.17, 15) is 0 Å². The zero-order chi connectivity index (χ0) is 11.4. The Kier molecular flexibility index (Phi) is 3.83. The van der Waals surface area contributed by atoms with Crippen LogP contribution in [0.15, 0.2) is 0 Å². The van der Waals surface area contributed by atoms with Crippen molar-refractivity contribution in [3.8, 4) is 0 Å². The molecule has 1 atom stereocenters. The lowest BCUT2D eigenvalue weighted by atomic mass is 10.1. The number of aryl methyl sites for hydroxylation is 1. The fourth-order valence-electron chi connectivity index (χ4n) is 2.33. The summed E-state index contributed by atoms with van der Waals surface area (Å²) in [4.78, 5) is 0. The van der Waals surface area contributed by atoms with Crippen LogP contribution in [0.3, 0.4) is 0 Å². The number of hydrogen-bond donors (Lipinski definition) is 3. The van der Waals surface area contributed by atoms with Gasteiger partial charge in [-0.15, -0.1) is 0 Å². The van der Waals surface area contributed by atoms with Gasteiger partial charge in [0, 0.05) is 23.8 Å². The highest BCUT2D eigenvalue weighted by molar-refractivity contribution is 5.47. The molecule has 2 heterocycles. The summed E-state index contributed by atoms with van der Waals surface area (Å²) < 4.78 is 0. The van der Waals surface area contributed by atoms with Crippen LogP contribution in [-0.4, -0.2) is 29.3 Å². The largest absolute Gasteiger partial charge is 0.364 e. The van der Waals surface area contributed by atoms with Crippen LogP contribution in [0, 0.1) is 0 Å². The molecule has 0 radical (unpaired) electrons. The molecule has 1 fully saturated rings. The van der Waals surface area contributed by atoms with Crippen molar-refractivity contribution in [3.63, 3.8) is 0 Å². The molecule has 0 aliphatic carbocycles. The minimum Gasteiger partial charge on any atom is -0.364 e. The molecule has 0 bridgehead atoms. The molecule has 1 aromatic heterocycles. The summed E-state index contributed by atoms with van der Waals surface area (Å²) in [6.07, 6.45) is 4.51. The van der Waals surface area contributed by atoms with Gasteiger partial charge >= 0.3 is 0 Å². The second-order valence-electron chi connectivity index (χ2n) is 4.47. The maximum atomic E-state index is 4.41. The second-order valence-corrected chi connectivity index (χ2v) is 4.47. The number of H-pyrrole nitrogens is 1. The number of aromatic nitrogens is 2. The summed E-state index contributed by atoms with van der Waals surface area (Å²) in [6.45, 7) is 6.57. The molecule has 4 heteroatoms. The van der Waals surface area contributed by atoms with Gasteiger partial charge in [-0.05, 0) is 25.8 Å². The van der Waals surface area contributed by atoms with Crippen LogP contribution >= 0.6 is 0 Å². The number of aromatic amines is 1. The quantitative estimate of drug-likeness (QED) is 0.710. The van der Waals surface area contributed by atoms with Crippen molar-refractivity contribution < 1.29 is 0 Å². The zero-order valence-corrected chi connectivity index (χ0v) is 10.3. The molecule has 1 aliphatic rings. The Morgan fingerprint density at radius 1 is 1.44 bits per heavy atom. The Morgan fingerprint density at radius 3 is 2.94 bits per heavy atom. The minimum absolute atomic E-state index is 0.545. The predicted molar refractivity (Wildman–Crippen MR) is 66.9 cm³/mol. The molecule has 0 aromatic carbocycles. The lowest BCUT2D eigenvalue weighted by Crippen LogP contribution is -2.22. The Morgan fingerprint density at radius 2 is 2.31 bits per heavy atom. The summed E-state index contributed by atoms with van der Waals surface area (Å²) in [5, 5.41) is 14.5. The highest BCUT2D eigenvalue weighted by Gasteiger charge is 2.18. The first-order chi connectivity index (χ1) is 7.85. The summed E-state index contributed by atoms with van der Waals surface area (Å²) in [5.74, 6) is 1.07. The molecule has 0 spiro atoms. The molecule has 4 nitrogen and oxygen atoms in total.